The van der Waals surface area contributed by atoms with E-state index in [9.17, 15) is 4.79 Å². The third-order valence-corrected chi connectivity index (χ3v) is 3.84. The number of carboxylic acids is 1. The number of allylic oxidation sites excluding steroid dienone is 1. The quantitative estimate of drug-likeness (QED) is 0.169. The molecule has 0 spiro atoms. The maximum atomic E-state index is 10.4. The van der Waals surface area contributed by atoms with Crippen molar-refractivity contribution in [3.05, 3.63) is 12.2 Å². The van der Waals surface area contributed by atoms with E-state index in [0.29, 0.717) is 0 Å². The molecular formula is C18H34O4. The SMILES string of the molecule is CCCCCCCC[C@H](C=CCCCCCCC(=O)O)OO. The summed E-state index contributed by atoms with van der Waals surface area (Å²) in [7, 11) is 0. The zero-order chi connectivity index (χ0) is 16.5. The van der Waals surface area contributed by atoms with Gasteiger partial charge in [-0.1, -0.05) is 70.4 Å². The Labute approximate surface area is 135 Å². The van der Waals surface area contributed by atoms with E-state index in [1.807, 2.05) is 6.08 Å². The van der Waals surface area contributed by atoms with Crippen LogP contribution in [0.5, 0.6) is 0 Å². The summed E-state index contributed by atoms with van der Waals surface area (Å²) in [5.41, 5.74) is 0. The Kier molecular flexibility index (Phi) is 15.8. The maximum Gasteiger partial charge on any atom is 0.303 e. The van der Waals surface area contributed by atoms with E-state index >= 15 is 0 Å². The van der Waals surface area contributed by atoms with Crippen LogP contribution in [0.3, 0.4) is 0 Å². The van der Waals surface area contributed by atoms with Gasteiger partial charge in [-0.2, -0.15) is 0 Å². The monoisotopic (exact) mass is 314 g/mol. The second kappa shape index (κ2) is 16.5. The highest BCUT2D eigenvalue weighted by Crippen LogP contribution is 2.12. The minimum absolute atomic E-state index is 0.182. The van der Waals surface area contributed by atoms with Gasteiger partial charge in [0.15, 0.2) is 0 Å². The highest BCUT2D eigenvalue weighted by atomic mass is 17.1. The second-order valence-electron chi connectivity index (χ2n) is 5.98. The molecule has 130 valence electrons. The van der Waals surface area contributed by atoms with Gasteiger partial charge in [-0.05, 0) is 25.7 Å². The lowest BCUT2D eigenvalue weighted by Gasteiger charge is -2.08. The van der Waals surface area contributed by atoms with Gasteiger partial charge in [0.1, 0.15) is 6.10 Å². The van der Waals surface area contributed by atoms with Crippen LogP contribution in [0.2, 0.25) is 0 Å². The summed E-state index contributed by atoms with van der Waals surface area (Å²) >= 11 is 0. The van der Waals surface area contributed by atoms with E-state index in [2.05, 4.69) is 17.9 Å². The number of carboxylic acid groups (broad SMARTS) is 1. The average molecular weight is 314 g/mol. The van der Waals surface area contributed by atoms with E-state index in [-0.39, 0.29) is 12.5 Å². The molecule has 0 aliphatic heterocycles. The zero-order valence-corrected chi connectivity index (χ0v) is 14.1. The molecule has 2 N–H and O–H groups in total. The first-order chi connectivity index (χ1) is 10.7. The molecule has 1 atom stereocenters. The molecule has 0 saturated heterocycles. The van der Waals surface area contributed by atoms with Crippen molar-refractivity contribution in [2.45, 2.75) is 96.5 Å². The summed E-state index contributed by atoms with van der Waals surface area (Å²) < 4.78 is 0. The van der Waals surface area contributed by atoms with Gasteiger partial charge in [0.2, 0.25) is 0 Å². The van der Waals surface area contributed by atoms with Gasteiger partial charge in [-0.3, -0.25) is 10.1 Å². The summed E-state index contributed by atoms with van der Waals surface area (Å²) in [6.07, 6.45) is 17.2. The average Bonchev–Trinajstić information content (AvgIpc) is 2.50. The fraction of sp³-hybridized carbons (Fsp3) is 0.833. The van der Waals surface area contributed by atoms with E-state index in [0.717, 1.165) is 44.9 Å². The smallest absolute Gasteiger partial charge is 0.303 e. The molecule has 0 radical (unpaired) electrons. The van der Waals surface area contributed by atoms with Crippen LogP contribution >= 0.6 is 0 Å². The Bertz CT molecular complexity index is 276. The van der Waals surface area contributed by atoms with Crippen LogP contribution in [-0.4, -0.2) is 22.4 Å². The van der Waals surface area contributed by atoms with Gasteiger partial charge in [0.05, 0.1) is 0 Å². The lowest BCUT2D eigenvalue weighted by molar-refractivity contribution is -0.267. The first-order valence-corrected chi connectivity index (χ1v) is 8.89. The van der Waals surface area contributed by atoms with Gasteiger partial charge in [0, 0.05) is 6.42 Å². The molecule has 0 aliphatic carbocycles. The van der Waals surface area contributed by atoms with Crippen LogP contribution < -0.4 is 0 Å². The van der Waals surface area contributed by atoms with Crippen LogP contribution in [-0.2, 0) is 9.68 Å². The van der Waals surface area contributed by atoms with Crippen molar-refractivity contribution in [1.82, 2.24) is 0 Å². The minimum Gasteiger partial charge on any atom is -0.481 e. The standard InChI is InChI=1S/C18H34O4/c1-2-3-4-5-8-11-14-17(22-21)15-12-9-6-7-10-13-16-18(19)20/h12,15,17,21H,2-11,13-14,16H2,1H3,(H,19,20)/t17-/m1/s1. The largest absolute Gasteiger partial charge is 0.481 e. The molecule has 0 bridgehead atoms. The highest BCUT2D eigenvalue weighted by Gasteiger charge is 2.03. The molecule has 0 aliphatic rings. The zero-order valence-electron chi connectivity index (χ0n) is 14.1. The van der Waals surface area contributed by atoms with Gasteiger partial charge < -0.3 is 5.11 Å². The minimum atomic E-state index is -0.711. The molecule has 4 nitrogen and oxygen atoms in total. The fourth-order valence-corrected chi connectivity index (χ4v) is 2.45. The summed E-state index contributed by atoms with van der Waals surface area (Å²) in [4.78, 5) is 14.9. The van der Waals surface area contributed by atoms with Gasteiger partial charge in [-0.15, -0.1) is 0 Å². The van der Waals surface area contributed by atoms with Gasteiger partial charge in [0.25, 0.3) is 0 Å². The van der Waals surface area contributed by atoms with Gasteiger partial charge >= 0.3 is 5.97 Å². The first-order valence-electron chi connectivity index (χ1n) is 8.89. The highest BCUT2D eigenvalue weighted by molar-refractivity contribution is 5.66. The number of rotatable bonds is 16. The van der Waals surface area contributed by atoms with E-state index < -0.39 is 5.97 Å². The molecule has 0 amide bonds. The molecule has 0 unspecified atom stereocenters. The normalized spacial score (nSPS) is 12.8. The molecule has 0 aromatic heterocycles. The van der Waals surface area contributed by atoms with Crippen molar-refractivity contribution >= 4 is 5.97 Å². The van der Waals surface area contributed by atoms with Crippen molar-refractivity contribution in [3.63, 3.8) is 0 Å². The molecule has 0 fully saturated rings. The fourth-order valence-electron chi connectivity index (χ4n) is 2.45. The van der Waals surface area contributed by atoms with Crippen molar-refractivity contribution < 1.29 is 20.0 Å². The van der Waals surface area contributed by atoms with Crippen molar-refractivity contribution in [3.8, 4) is 0 Å². The molecule has 4 heteroatoms. The van der Waals surface area contributed by atoms with Crippen LogP contribution in [0.4, 0.5) is 0 Å². The van der Waals surface area contributed by atoms with Crippen molar-refractivity contribution in [1.29, 1.82) is 0 Å². The first kappa shape index (κ1) is 21.1. The molecule has 0 rings (SSSR count). The number of hydrogen-bond donors (Lipinski definition) is 2. The Morgan fingerprint density at radius 2 is 1.64 bits per heavy atom. The number of carbonyl (C=O) groups is 1. The predicted octanol–water partition coefficient (Wildman–Crippen LogP) is 5.58. The lowest BCUT2D eigenvalue weighted by atomic mass is 10.1. The van der Waals surface area contributed by atoms with Crippen LogP contribution in [0.15, 0.2) is 12.2 Å². The van der Waals surface area contributed by atoms with Crippen LogP contribution in [0, 0.1) is 0 Å². The van der Waals surface area contributed by atoms with E-state index in [1.54, 1.807) is 0 Å². The maximum absolute atomic E-state index is 10.4. The van der Waals surface area contributed by atoms with Crippen molar-refractivity contribution in [2.75, 3.05) is 0 Å². The third kappa shape index (κ3) is 15.5. The number of aliphatic carboxylic acids is 1. The van der Waals surface area contributed by atoms with Crippen molar-refractivity contribution in [2.24, 2.45) is 0 Å². The van der Waals surface area contributed by atoms with Crippen LogP contribution in [0.25, 0.3) is 0 Å². The Balaban J connectivity index is 3.47. The molecule has 0 heterocycles. The molecule has 0 saturated carbocycles. The molecule has 0 aromatic rings. The van der Waals surface area contributed by atoms with Gasteiger partial charge in [-0.25, -0.2) is 4.89 Å². The number of hydrogen-bond acceptors (Lipinski definition) is 3. The summed E-state index contributed by atoms with van der Waals surface area (Å²) in [6.45, 7) is 2.21. The summed E-state index contributed by atoms with van der Waals surface area (Å²) in [5.74, 6) is -0.711. The Hall–Kier alpha value is -0.870. The second-order valence-corrected chi connectivity index (χ2v) is 5.98. The number of unbranched alkanes of at least 4 members (excludes halogenated alkanes) is 9. The topological polar surface area (TPSA) is 66.8 Å². The lowest BCUT2D eigenvalue weighted by Crippen LogP contribution is -2.06. The molecule has 22 heavy (non-hydrogen) atoms. The summed E-state index contributed by atoms with van der Waals surface area (Å²) in [5, 5.41) is 17.4. The Morgan fingerprint density at radius 1 is 1.00 bits per heavy atom. The molecule has 0 aromatic carbocycles. The van der Waals surface area contributed by atoms with E-state index in [1.165, 1.54) is 32.1 Å². The molecular weight excluding hydrogens is 280 g/mol. The Morgan fingerprint density at radius 3 is 2.32 bits per heavy atom. The third-order valence-electron chi connectivity index (χ3n) is 3.84. The van der Waals surface area contributed by atoms with Crippen LogP contribution in [0.1, 0.15) is 90.4 Å². The summed E-state index contributed by atoms with van der Waals surface area (Å²) in [6, 6.07) is 0. The van der Waals surface area contributed by atoms with E-state index in [4.69, 9.17) is 10.4 Å². The predicted molar refractivity (Wildman–Crippen MR) is 90.0 cm³/mol.